The fraction of sp³-hybridized carbons (Fsp3) is 0.300. The van der Waals surface area contributed by atoms with Gasteiger partial charge in [-0.25, -0.2) is 18.4 Å². The van der Waals surface area contributed by atoms with E-state index < -0.39 is 28.5 Å². The molecule has 0 spiro atoms. The van der Waals surface area contributed by atoms with Crippen LogP contribution in [0.3, 0.4) is 0 Å². The summed E-state index contributed by atoms with van der Waals surface area (Å²) in [5.74, 6) is -0.526. The van der Waals surface area contributed by atoms with Gasteiger partial charge >= 0.3 is 5.97 Å². The number of nitrogens with one attached hydrogen (secondary N) is 1. The van der Waals surface area contributed by atoms with Gasteiger partial charge in [-0.05, 0) is 48.2 Å². The number of carbonyl (C=O) groups excluding carboxylic acids is 2. The zero-order valence-electron chi connectivity index (χ0n) is 16.1. The van der Waals surface area contributed by atoms with Crippen molar-refractivity contribution < 1.29 is 27.5 Å². The minimum absolute atomic E-state index is 0.0284. The number of hydrogen-bond acceptors (Lipinski definition) is 6. The van der Waals surface area contributed by atoms with Crippen LogP contribution >= 0.6 is 0 Å². The molecule has 2 aromatic rings. The second kappa shape index (κ2) is 10.6. The van der Waals surface area contributed by atoms with E-state index >= 15 is 0 Å². The molecule has 3 N–H and O–H groups in total. The normalized spacial score (nSPS) is 11.0. The highest BCUT2D eigenvalue weighted by atomic mass is 32.2. The maximum absolute atomic E-state index is 11.7. The number of ether oxygens (including phenoxy) is 2. The third kappa shape index (κ3) is 7.92. The van der Waals surface area contributed by atoms with Gasteiger partial charge in [-0.2, -0.15) is 0 Å². The number of hydrogen-bond donors (Lipinski definition) is 2. The molecule has 0 aliphatic rings. The lowest BCUT2D eigenvalue weighted by molar-refractivity contribution is -0.150. The fourth-order valence-corrected chi connectivity index (χ4v) is 2.91. The number of carbonyl (C=O) groups is 2. The number of rotatable bonds is 10. The standard InChI is InChI=1S/C20H24N2O6S/c1-2-15-3-7-17(8-4-15)27-14-20(24)28-13-19(23)22-12-11-16-5-9-18(10-6-16)29(21,25)26/h3-10H,2,11-14H2,1H3,(H,22,23)(H2,21,25,26). The number of esters is 1. The van der Waals surface area contributed by atoms with Gasteiger partial charge < -0.3 is 14.8 Å². The van der Waals surface area contributed by atoms with Crippen LogP contribution in [0.5, 0.6) is 5.75 Å². The summed E-state index contributed by atoms with van der Waals surface area (Å²) in [5, 5.41) is 7.65. The molecule has 2 rings (SSSR count). The molecule has 0 unspecified atom stereocenters. The van der Waals surface area contributed by atoms with Gasteiger partial charge in [0.05, 0.1) is 4.90 Å². The van der Waals surface area contributed by atoms with Crippen molar-refractivity contribution in [3.63, 3.8) is 0 Å². The fourth-order valence-electron chi connectivity index (χ4n) is 2.39. The second-order valence-electron chi connectivity index (χ2n) is 6.24. The number of amides is 1. The Labute approximate surface area is 170 Å². The van der Waals surface area contributed by atoms with Gasteiger partial charge in [-0.1, -0.05) is 31.2 Å². The SMILES string of the molecule is CCc1ccc(OCC(=O)OCC(=O)NCCc2ccc(S(N)(=O)=O)cc2)cc1. The number of primary sulfonamides is 1. The van der Waals surface area contributed by atoms with Crippen molar-refractivity contribution in [1.82, 2.24) is 5.32 Å². The molecule has 0 aliphatic carbocycles. The second-order valence-corrected chi connectivity index (χ2v) is 7.80. The number of sulfonamides is 1. The van der Waals surface area contributed by atoms with E-state index in [0.717, 1.165) is 17.5 Å². The third-order valence-corrected chi connectivity index (χ3v) is 4.97. The Morgan fingerprint density at radius 1 is 0.966 bits per heavy atom. The summed E-state index contributed by atoms with van der Waals surface area (Å²) in [4.78, 5) is 23.4. The van der Waals surface area contributed by atoms with Crippen LogP contribution in [0.15, 0.2) is 53.4 Å². The lowest BCUT2D eigenvalue weighted by Gasteiger charge is -2.08. The topological polar surface area (TPSA) is 125 Å². The molecule has 0 atom stereocenters. The summed E-state index contributed by atoms with van der Waals surface area (Å²) in [6.45, 7) is 1.67. The summed E-state index contributed by atoms with van der Waals surface area (Å²) >= 11 is 0. The van der Waals surface area contributed by atoms with Gasteiger partial charge in [-0.3, -0.25) is 4.79 Å². The van der Waals surface area contributed by atoms with Gasteiger partial charge in [0, 0.05) is 6.54 Å². The molecule has 156 valence electrons. The Morgan fingerprint density at radius 3 is 2.17 bits per heavy atom. The van der Waals surface area contributed by atoms with Crippen LogP contribution in [0, 0.1) is 0 Å². The van der Waals surface area contributed by atoms with Gasteiger partial charge in [0.15, 0.2) is 13.2 Å². The van der Waals surface area contributed by atoms with Gasteiger partial charge in [0.1, 0.15) is 5.75 Å². The predicted octanol–water partition coefficient (Wildman–Crippen LogP) is 1.18. The van der Waals surface area contributed by atoms with E-state index in [1.165, 1.54) is 12.1 Å². The molecule has 9 heteroatoms. The molecular weight excluding hydrogens is 396 g/mol. The van der Waals surface area contributed by atoms with E-state index in [1.807, 2.05) is 19.1 Å². The average molecular weight is 420 g/mol. The van der Waals surface area contributed by atoms with E-state index in [9.17, 15) is 18.0 Å². The van der Waals surface area contributed by atoms with Crippen LogP contribution in [-0.2, 0) is 37.2 Å². The minimum atomic E-state index is -3.72. The Morgan fingerprint density at radius 2 is 1.59 bits per heavy atom. The molecule has 0 saturated carbocycles. The van der Waals surface area contributed by atoms with Gasteiger partial charge in [0.25, 0.3) is 5.91 Å². The molecule has 0 saturated heterocycles. The van der Waals surface area contributed by atoms with E-state index in [1.54, 1.807) is 24.3 Å². The Hall–Kier alpha value is -2.91. The first-order chi connectivity index (χ1) is 13.8. The zero-order chi connectivity index (χ0) is 21.3. The summed E-state index contributed by atoms with van der Waals surface area (Å²) in [6, 6.07) is 13.4. The first-order valence-electron chi connectivity index (χ1n) is 9.03. The highest BCUT2D eigenvalue weighted by Crippen LogP contribution is 2.12. The van der Waals surface area contributed by atoms with Crippen molar-refractivity contribution in [2.75, 3.05) is 19.8 Å². The largest absolute Gasteiger partial charge is 0.482 e. The molecule has 0 radical (unpaired) electrons. The lowest BCUT2D eigenvalue weighted by Crippen LogP contribution is -2.31. The molecule has 0 bridgehead atoms. The summed E-state index contributed by atoms with van der Waals surface area (Å²) in [7, 11) is -3.72. The zero-order valence-corrected chi connectivity index (χ0v) is 16.9. The lowest BCUT2D eigenvalue weighted by atomic mass is 10.1. The van der Waals surface area contributed by atoms with Crippen LogP contribution in [0.1, 0.15) is 18.1 Å². The van der Waals surface area contributed by atoms with Crippen LogP contribution in [0.2, 0.25) is 0 Å². The molecule has 0 aromatic heterocycles. The van der Waals surface area contributed by atoms with Crippen LogP contribution in [0.25, 0.3) is 0 Å². The van der Waals surface area contributed by atoms with E-state index in [-0.39, 0.29) is 11.5 Å². The van der Waals surface area contributed by atoms with Crippen molar-refractivity contribution in [2.45, 2.75) is 24.7 Å². The first-order valence-corrected chi connectivity index (χ1v) is 10.6. The summed E-state index contributed by atoms with van der Waals surface area (Å²) in [5.41, 5.74) is 1.99. The van der Waals surface area contributed by atoms with Gasteiger partial charge in [-0.15, -0.1) is 0 Å². The van der Waals surface area contributed by atoms with E-state index in [0.29, 0.717) is 18.7 Å². The Balaban J connectivity index is 1.64. The van der Waals surface area contributed by atoms with Crippen molar-refractivity contribution in [2.24, 2.45) is 5.14 Å². The number of nitrogens with two attached hydrogens (primary N) is 1. The monoisotopic (exact) mass is 420 g/mol. The Kier molecular flexibility index (Phi) is 8.17. The van der Waals surface area contributed by atoms with Crippen LogP contribution in [-0.4, -0.2) is 40.1 Å². The summed E-state index contributed by atoms with van der Waals surface area (Å²) in [6.07, 6.45) is 1.40. The van der Waals surface area contributed by atoms with Crippen molar-refractivity contribution in [1.29, 1.82) is 0 Å². The van der Waals surface area contributed by atoms with Gasteiger partial charge in [0.2, 0.25) is 10.0 Å². The van der Waals surface area contributed by atoms with E-state index in [2.05, 4.69) is 5.32 Å². The molecule has 1 amide bonds. The molecular formula is C20H24N2O6S. The van der Waals surface area contributed by atoms with Crippen molar-refractivity contribution >= 4 is 21.9 Å². The smallest absolute Gasteiger partial charge is 0.344 e. The van der Waals surface area contributed by atoms with Crippen LogP contribution < -0.4 is 15.2 Å². The average Bonchev–Trinajstić information content (AvgIpc) is 2.71. The quantitative estimate of drug-likeness (QED) is 0.556. The third-order valence-electron chi connectivity index (χ3n) is 4.04. The first kappa shape index (κ1) is 22.4. The minimum Gasteiger partial charge on any atom is -0.482 e. The highest BCUT2D eigenvalue weighted by Gasteiger charge is 2.09. The van der Waals surface area contributed by atoms with Crippen molar-refractivity contribution in [3.8, 4) is 5.75 Å². The molecule has 0 heterocycles. The predicted molar refractivity (Wildman–Crippen MR) is 107 cm³/mol. The molecule has 8 nitrogen and oxygen atoms in total. The molecule has 0 aliphatic heterocycles. The molecule has 0 fully saturated rings. The summed E-state index contributed by atoms with van der Waals surface area (Å²) < 4.78 is 32.6. The highest BCUT2D eigenvalue weighted by molar-refractivity contribution is 7.89. The number of benzene rings is 2. The maximum atomic E-state index is 11.7. The maximum Gasteiger partial charge on any atom is 0.344 e. The molecule has 2 aromatic carbocycles. The van der Waals surface area contributed by atoms with Crippen LogP contribution in [0.4, 0.5) is 0 Å². The Bertz CT molecular complexity index is 924. The van der Waals surface area contributed by atoms with Crippen molar-refractivity contribution in [3.05, 3.63) is 59.7 Å². The number of aryl methyl sites for hydroxylation is 1. The van der Waals surface area contributed by atoms with E-state index in [4.69, 9.17) is 14.6 Å². The molecule has 29 heavy (non-hydrogen) atoms.